The minimum atomic E-state index is -0.155. The summed E-state index contributed by atoms with van der Waals surface area (Å²) in [5.41, 5.74) is 0.827. The van der Waals surface area contributed by atoms with Crippen LogP contribution in [0.15, 0.2) is 12.1 Å². The number of methoxy groups -OCH3 is 2. The second-order valence-electron chi connectivity index (χ2n) is 10.7. The number of nitrogens with one attached hydrogen (secondary N) is 1. The molecule has 216 valence electrons. The summed E-state index contributed by atoms with van der Waals surface area (Å²) in [4.78, 5) is 28.8. The lowest BCUT2D eigenvalue weighted by atomic mass is 9.91. The molecule has 1 aliphatic carbocycles. The smallest absolute Gasteiger partial charge is 0.234 e. The van der Waals surface area contributed by atoms with Gasteiger partial charge in [0.25, 0.3) is 0 Å². The molecule has 1 saturated carbocycles. The van der Waals surface area contributed by atoms with Gasteiger partial charge in [-0.25, -0.2) is 4.98 Å². The zero-order chi connectivity index (χ0) is 27.8. The normalized spacial score (nSPS) is 17.3. The highest BCUT2D eigenvalue weighted by Crippen LogP contribution is 2.38. The van der Waals surface area contributed by atoms with E-state index in [9.17, 15) is 4.79 Å². The van der Waals surface area contributed by atoms with E-state index in [0.29, 0.717) is 36.6 Å². The van der Waals surface area contributed by atoms with Crippen molar-refractivity contribution in [1.29, 1.82) is 0 Å². The molecule has 1 N–H and O–H groups in total. The van der Waals surface area contributed by atoms with Gasteiger partial charge in [0.2, 0.25) is 11.9 Å². The number of amides is 1. The lowest BCUT2D eigenvalue weighted by Crippen LogP contribution is -2.49. The van der Waals surface area contributed by atoms with Crippen molar-refractivity contribution >= 4 is 40.2 Å². The fourth-order valence-electron chi connectivity index (χ4n) is 6.10. The molecule has 0 atom stereocenters. The zero-order valence-corrected chi connectivity index (χ0v) is 24.8. The van der Waals surface area contributed by atoms with Crippen LogP contribution in [-0.2, 0) is 4.79 Å². The second kappa shape index (κ2) is 14.2. The Hall–Kier alpha value is -2.52. The number of anilines is 2. The SMILES string of the molecule is CCN(c1nc(N(C)CCCNC(=O)CCl)nc2cc(OC)c(OC)cc12)C1CCN(C2CCCCC2)CC1. The number of fused-ring (bicyclic) bond motifs is 1. The van der Waals surface area contributed by atoms with Crippen LogP contribution < -0.4 is 24.6 Å². The van der Waals surface area contributed by atoms with Crippen molar-refractivity contribution in [3.63, 3.8) is 0 Å². The third-order valence-corrected chi connectivity index (χ3v) is 8.51. The molecule has 2 aromatic rings. The largest absolute Gasteiger partial charge is 0.493 e. The molecule has 0 unspecified atom stereocenters. The first-order chi connectivity index (χ1) is 19.0. The predicted molar refractivity (Wildman–Crippen MR) is 159 cm³/mol. The molecule has 4 rings (SSSR count). The number of rotatable bonds is 12. The van der Waals surface area contributed by atoms with Gasteiger partial charge in [0.15, 0.2) is 11.5 Å². The van der Waals surface area contributed by atoms with Gasteiger partial charge in [-0.1, -0.05) is 19.3 Å². The molecule has 9 nitrogen and oxygen atoms in total. The van der Waals surface area contributed by atoms with Crippen molar-refractivity contribution in [3.05, 3.63) is 12.1 Å². The van der Waals surface area contributed by atoms with Crippen molar-refractivity contribution in [1.82, 2.24) is 20.2 Å². The quantitative estimate of drug-likeness (QED) is 0.301. The highest BCUT2D eigenvalue weighted by Gasteiger charge is 2.30. The number of piperidine rings is 1. The van der Waals surface area contributed by atoms with Crippen LogP contribution in [0.5, 0.6) is 11.5 Å². The number of carbonyl (C=O) groups is 1. The van der Waals surface area contributed by atoms with E-state index >= 15 is 0 Å². The zero-order valence-electron chi connectivity index (χ0n) is 24.0. The van der Waals surface area contributed by atoms with Crippen molar-refractivity contribution in [2.24, 2.45) is 0 Å². The number of halogens is 1. The van der Waals surface area contributed by atoms with Gasteiger partial charge >= 0.3 is 0 Å². The van der Waals surface area contributed by atoms with E-state index in [0.717, 1.165) is 61.7 Å². The maximum atomic E-state index is 11.5. The molecule has 1 amide bonds. The third-order valence-electron chi connectivity index (χ3n) is 8.27. The summed E-state index contributed by atoms with van der Waals surface area (Å²) in [6.07, 6.45) is 9.88. The molecule has 39 heavy (non-hydrogen) atoms. The van der Waals surface area contributed by atoms with Crippen LogP contribution in [0.25, 0.3) is 10.9 Å². The molecule has 2 fully saturated rings. The van der Waals surface area contributed by atoms with E-state index < -0.39 is 0 Å². The van der Waals surface area contributed by atoms with Crippen LogP contribution in [-0.4, -0.2) is 92.7 Å². The first kappa shape index (κ1) is 29.5. The summed E-state index contributed by atoms with van der Waals surface area (Å²) in [7, 11) is 5.30. The Morgan fingerprint density at radius 3 is 2.41 bits per heavy atom. The average Bonchev–Trinajstić information content (AvgIpc) is 2.99. The molecule has 0 spiro atoms. The first-order valence-electron chi connectivity index (χ1n) is 14.5. The molecule has 2 heterocycles. The molecular weight excluding hydrogens is 516 g/mol. The topological polar surface area (TPSA) is 83.1 Å². The third kappa shape index (κ3) is 7.17. The Kier molecular flexibility index (Phi) is 10.7. The van der Waals surface area contributed by atoms with Crippen molar-refractivity contribution in [2.75, 3.05) is 69.7 Å². The molecule has 1 saturated heterocycles. The standard InChI is InChI=1S/C29H45ClN6O3/c1-5-36(22-12-16-35(17-13-22)21-10-7-6-8-11-21)28-23-18-25(38-3)26(39-4)19-24(23)32-29(33-28)34(2)15-9-14-31-27(37)20-30/h18-19,21-22H,5-17,20H2,1-4H3,(H,31,37). The molecule has 0 bridgehead atoms. The number of alkyl halides is 1. The number of carbonyl (C=O) groups excluding carboxylic acids is 1. The minimum Gasteiger partial charge on any atom is -0.493 e. The summed E-state index contributed by atoms with van der Waals surface area (Å²) in [5.74, 6) is 2.75. The van der Waals surface area contributed by atoms with Gasteiger partial charge in [-0.2, -0.15) is 4.98 Å². The number of ether oxygens (including phenoxy) is 2. The van der Waals surface area contributed by atoms with Crippen LogP contribution >= 0.6 is 11.6 Å². The van der Waals surface area contributed by atoms with Gasteiger partial charge in [0.1, 0.15) is 11.7 Å². The van der Waals surface area contributed by atoms with Crippen molar-refractivity contribution in [3.8, 4) is 11.5 Å². The highest BCUT2D eigenvalue weighted by molar-refractivity contribution is 6.27. The van der Waals surface area contributed by atoms with Crippen LogP contribution in [0.1, 0.15) is 58.3 Å². The molecule has 1 aromatic heterocycles. The van der Waals surface area contributed by atoms with Gasteiger partial charge in [-0.05, 0) is 45.1 Å². The van der Waals surface area contributed by atoms with E-state index in [2.05, 4.69) is 22.0 Å². The maximum absolute atomic E-state index is 11.5. The summed E-state index contributed by atoms with van der Waals surface area (Å²) < 4.78 is 11.3. The molecule has 0 radical (unpaired) electrons. The Balaban J connectivity index is 1.59. The van der Waals surface area contributed by atoms with E-state index in [4.69, 9.17) is 31.0 Å². The van der Waals surface area contributed by atoms with E-state index in [-0.39, 0.29) is 11.8 Å². The van der Waals surface area contributed by atoms with E-state index in [1.54, 1.807) is 14.2 Å². The summed E-state index contributed by atoms with van der Waals surface area (Å²) in [6, 6.07) is 5.14. The summed E-state index contributed by atoms with van der Waals surface area (Å²) in [6.45, 7) is 6.63. The Morgan fingerprint density at radius 1 is 1.08 bits per heavy atom. The fourth-order valence-corrected chi connectivity index (χ4v) is 6.19. The van der Waals surface area contributed by atoms with Gasteiger partial charge in [-0.3, -0.25) is 4.79 Å². The Morgan fingerprint density at radius 2 is 1.77 bits per heavy atom. The lowest BCUT2D eigenvalue weighted by Gasteiger charge is -2.43. The van der Waals surface area contributed by atoms with Gasteiger partial charge in [0, 0.05) is 63.3 Å². The molecule has 1 aliphatic heterocycles. The van der Waals surface area contributed by atoms with Crippen molar-refractivity contribution < 1.29 is 14.3 Å². The predicted octanol–water partition coefficient (Wildman–Crippen LogP) is 4.45. The van der Waals surface area contributed by atoms with Gasteiger partial charge < -0.3 is 29.5 Å². The molecular formula is C29H45ClN6O3. The monoisotopic (exact) mass is 560 g/mol. The number of likely N-dealkylation sites (tertiary alicyclic amines) is 1. The highest BCUT2D eigenvalue weighted by atomic mass is 35.5. The maximum Gasteiger partial charge on any atom is 0.234 e. The van der Waals surface area contributed by atoms with E-state index in [1.165, 1.54) is 32.1 Å². The number of nitrogens with zero attached hydrogens (tertiary/aromatic N) is 5. The second-order valence-corrected chi connectivity index (χ2v) is 10.9. The van der Waals surface area contributed by atoms with Crippen LogP contribution in [0.4, 0.5) is 11.8 Å². The number of hydrogen-bond donors (Lipinski definition) is 1. The van der Waals surface area contributed by atoms with Crippen molar-refractivity contribution in [2.45, 2.75) is 70.4 Å². The number of hydrogen-bond acceptors (Lipinski definition) is 8. The Labute approximate surface area is 238 Å². The first-order valence-corrected chi connectivity index (χ1v) is 15.0. The fraction of sp³-hybridized carbons (Fsp3) is 0.690. The summed E-state index contributed by atoms with van der Waals surface area (Å²) in [5, 5.41) is 3.79. The van der Waals surface area contributed by atoms with E-state index in [1.807, 2.05) is 24.1 Å². The minimum absolute atomic E-state index is 0.0231. The Bertz CT molecular complexity index is 1090. The average molecular weight is 561 g/mol. The van der Waals surface area contributed by atoms with Gasteiger partial charge in [-0.15, -0.1) is 11.6 Å². The number of aromatic nitrogens is 2. The molecule has 10 heteroatoms. The lowest BCUT2D eigenvalue weighted by molar-refractivity contribution is -0.118. The molecule has 1 aromatic carbocycles. The summed E-state index contributed by atoms with van der Waals surface area (Å²) >= 11 is 5.59. The molecule has 2 aliphatic rings. The number of benzene rings is 1. The van der Waals surface area contributed by atoms with Crippen LogP contribution in [0.3, 0.4) is 0 Å². The van der Waals surface area contributed by atoms with Crippen LogP contribution in [0, 0.1) is 0 Å². The van der Waals surface area contributed by atoms with Gasteiger partial charge in [0.05, 0.1) is 19.7 Å². The van der Waals surface area contributed by atoms with Crippen LogP contribution in [0.2, 0.25) is 0 Å².